The standard InChI is InChI=1S/C14H20O4S/c1-14(2)17-9-12(18-14)10-19(16)13-5-3-11(4-6-13)7-8-15/h3-6,12,15H,7-10H2,1-2H3/t12-,19?/m0/s1. The lowest BCUT2D eigenvalue weighted by Crippen LogP contribution is -2.26. The molecular formula is C14H20O4S. The van der Waals surface area contributed by atoms with E-state index in [1.54, 1.807) is 0 Å². The van der Waals surface area contributed by atoms with Gasteiger partial charge in [-0.15, -0.1) is 0 Å². The first-order valence-corrected chi connectivity index (χ1v) is 7.72. The predicted molar refractivity (Wildman–Crippen MR) is 73.4 cm³/mol. The van der Waals surface area contributed by atoms with Crippen molar-refractivity contribution in [2.24, 2.45) is 0 Å². The molecule has 1 N–H and O–H groups in total. The number of ether oxygens (including phenoxy) is 2. The van der Waals surface area contributed by atoms with Crippen molar-refractivity contribution in [1.29, 1.82) is 0 Å². The van der Waals surface area contributed by atoms with Gasteiger partial charge in [0.05, 0.1) is 6.61 Å². The van der Waals surface area contributed by atoms with Crippen LogP contribution in [0.3, 0.4) is 0 Å². The van der Waals surface area contributed by atoms with Crippen molar-refractivity contribution in [3.8, 4) is 0 Å². The van der Waals surface area contributed by atoms with Crippen LogP contribution in [-0.2, 0) is 27.1 Å². The van der Waals surface area contributed by atoms with Gasteiger partial charge in [-0.2, -0.15) is 0 Å². The SMILES string of the molecule is CC1(C)OC[C@@H](C[S+]([O-])c2ccc(CCO)cc2)O1. The Labute approximate surface area is 116 Å². The van der Waals surface area contributed by atoms with Gasteiger partial charge in [-0.1, -0.05) is 12.1 Å². The molecule has 0 radical (unpaired) electrons. The van der Waals surface area contributed by atoms with Gasteiger partial charge in [0.2, 0.25) is 0 Å². The summed E-state index contributed by atoms with van der Waals surface area (Å²) in [5.41, 5.74) is 1.05. The zero-order chi connectivity index (χ0) is 13.9. The predicted octanol–water partition coefficient (Wildman–Crippen LogP) is 1.48. The number of benzene rings is 1. The lowest BCUT2D eigenvalue weighted by atomic mass is 10.2. The van der Waals surface area contributed by atoms with Crippen LogP contribution in [0.1, 0.15) is 19.4 Å². The van der Waals surface area contributed by atoms with Gasteiger partial charge < -0.3 is 19.1 Å². The third kappa shape index (κ3) is 4.19. The molecule has 19 heavy (non-hydrogen) atoms. The zero-order valence-electron chi connectivity index (χ0n) is 11.3. The highest BCUT2D eigenvalue weighted by Crippen LogP contribution is 2.25. The van der Waals surface area contributed by atoms with E-state index in [0.717, 1.165) is 10.5 Å². The third-order valence-electron chi connectivity index (χ3n) is 2.99. The summed E-state index contributed by atoms with van der Waals surface area (Å²) in [6.07, 6.45) is 0.508. The normalized spacial score (nSPS) is 23.5. The van der Waals surface area contributed by atoms with Crippen LogP contribution < -0.4 is 0 Å². The van der Waals surface area contributed by atoms with Crippen LogP contribution >= 0.6 is 0 Å². The molecule has 1 aliphatic heterocycles. The Kier molecular flexibility index (Phi) is 4.86. The van der Waals surface area contributed by atoms with Crippen LogP contribution in [0.4, 0.5) is 0 Å². The monoisotopic (exact) mass is 284 g/mol. The molecule has 0 aromatic heterocycles. The van der Waals surface area contributed by atoms with E-state index in [0.29, 0.717) is 18.8 Å². The minimum absolute atomic E-state index is 0.118. The van der Waals surface area contributed by atoms with Gasteiger partial charge in [-0.3, -0.25) is 0 Å². The van der Waals surface area contributed by atoms with Crippen molar-refractivity contribution < 1.29 is 19.1 Å². The van der Waals surface area contributed by atoms with Gasteiger partial charge in [0.15, 0.2) is 10.7 Å². The number of aliphatic hydroxyl groups excluding tert-OH is 1. The number of rotatable bonds is 5. The zero-order valence-corrected chi connectivity index (χ0v) is 12.1. The maximum absolute atomic E-state index is 12.2. The second-order valence-electron chi connectivity index (χ2n) is 5.08. The van der Waals surface area contributed by atoms with Crippen LogP contribution in [0, 0.1) is 0 Å². The molecule has 1 aromatic rings. The van der Waals surface area contributed by atoms with Gasteiger partial charge in [0.25, 0.3) is 0 Å². The van der Waals surface area contributed by atoms with Crippen molar-refractivity contribution in [2.45, 2.75) is 37.1 Å². The second kappa shape index (κ2) is 6.24. The molecule has 5 heteroatoms. The lowest BCUT2D eigenvalue weighted by molar-refractivity contribution is -0.135. The summed E-state index contributed by atoms with van der Waals surface area (Å²) in [6.45, 7) is 4.34. The molecule has 1 aliphatic rings. The van der Waals surface area contributed by atoms with E-state index < -0.39 is 17.0 Å². The summed E-state index contributed by atoms with van der Waals surface area (Å²) in [6, 6.07) is 7.50. The molecular weight excluding hydrogens is 264 g/mol. The van der Waals surface area contributed by atoms with Crippen molar-refractivity contribution in [3.05, 3.63) is 29.8 Å². The Hall–Kier alpha value is -0.590. The maximum Gasteiger partial charge on any atom is 0.163 e. The minimum atomic E-state index is -1.09. The lowest BCUT2D eigenvalue weighted by Gasteiger charge is -2.18. The molecule has 1 unspecified atom stereocenters. The summed E-state index contributed by atoms with van der Waals surface area (Å²) in [5.74, 6) is -0.122. The largest absolute Gasteiger partial charge is 0.611 e. The van der Waals surface area contributed by atoms with Crippen molar-refractivity contribution in [1.82, 2.24) is 0 Å². The van der Waals surface area contributed by atoms with Crippen molar-refractivity contribution >= 4 is 11.2 Å². The molecule has 0 saturated carbocycles. The van der Waals surface area contributed by atoms with Gasteiger partial charge in [-0.05, 0) is 49.1 Å². The molecule has 0 amide bonds. The highest BCUT2D eigenvalue weighted by Gasteiger charge is 2.35. The van der Waals surface area contributed by atoms with E-state index in [-0.39, 0.29) is 12.7 Å². The van der Waals surface area contributed by atoms with Crippen molar-refractivity contribution in [3.63, 3.8) is 0 Å². The topological polar surface area (TPSA) is 61.8 Å². The first kappa shape index (κ1) is 14.8. The average molecular weight is 284 g/mol. The minimum Gasteiger partial charge on any atom is -0.611 e. The smallest absolute Gasteiger partial charge is 0.163 e. The highest BCUT2D eigenvalue weighted by atomic mass is 32.2. The average Bonchev–Trinajstić information content (AvgIpc) is 2.70. The molecule has 1 fully saturated rings. The number of hydrogen-bond acceptors (Lipinski definition) is 4. The second-order valence-corrected chi connectivity index (χ2v) is 6.58. The van der Waals surface area contributed by atoms with Gasteiger partial charge in [0, 0.05) is 6.61 Å². The van der Waals surface area contributed by atoms with E-state index >= 15 is 0 Å². The highest BCUT2D eigenvalue weighted by molar-refractivity contribution is 7.91. The first-order valence-electron chi connectivity index (χ1n) is 6.40. The van der Waals surface area contributed by atoms with Crippen LogP contribution in [0.5, 0.6) is 0 Å². The van der Waals surface area contributed by atoms with Crippen molar-refractivity contribution in [2.75, 3.05) is 19.0 Å². The molecule has 4 nitrogen and oxygen atoms in total. The quantitative estimate of drug-likeness (QED) is 0.832. The number of hydrogen-bond donors (Lipinski definition) is 1. The fraction of sp³-hybridized carbons (Fsp3) is 0.571. The van der Waals surface area contributed by atoms with Crippen LogP contribution in [0.25, 0.3) is 0 Å². The summed E-state index contributed by atoms with van der Waals surface area (Å²) < 4.78 is 23.3. The van der Waals surface area contributed by atoms with Crippen LogP contribution in [-0.4, -0.2) is 40.5 Å². The first-order chi connectivity index (χ1) is 9.00. The summed E-state index contributed by atoms with van der Waals surface area (Å²) >= 11 is -1.09. The summed E-state index contributed by atoms with van der Waals surface area (Å²) in [5, 5.41) is 8.85. The molecule has 1 aromatic carbocycles. The van der Waals surface area contributed by atoms with E-state index in [1.807, 2.05) is 38.1 Å². The van der Waals surface area contributed by atoms with Crippen LogP contribution in [0.2, 0.25) is 0 Å². The Balaban J connectivity index is 1.91. The van der Waals surface area contributed by atoms with Crippen LogP contribution in [0.15, 0.2) is 29.2 Å². The third-order valence-corrected chi connectivity index (χ3v) is 4.46. The number of aliphatic hydroxyl groups is 1. The molecule has 1 saturated heterocycles. The van der Waals surface area contributed by atoms with E-state index in [2.05, 4.69) is 0 Å². The molecule has 0 spiro atoms. The summed E-state index contributed by atoms with van der Waals surface area (Å²) in [4.78, 5) is 0.787. The molecule has 1 heterocycles. The molecule has 0 aliphatic carbocycles. The fourth-order valence-corrected chi connectivity index (χ4v) is 3.18. The van der Waals surface area contributed by atoms with E-state index in [9.17, 15) is 4.55 Å². The Morgan fingerprint density at radius 2 is 2.05 bits per heavy atom. The molecule has 2 rings (SSSR count). The molecule has 0 bridgehead atoms. The maximum atomic E-state index is 12.2. The summed E-state index contributed by atoms with van der Waals surface area (Å²) in [7, 11) is 0. The van der Waals surface area contributed by atoms with Gasteiger partial charge in [0.1, 0.15) is 11.9 Å². The van der Waals surface area contributed by atoms with Gasteiger partial charge in [-0.25, -0.2) is 0 Å². The fourth-order valence-electron chi connectivity index (χ4n) is 2.05. The van der Waals surface area contributed by atoms with Gasteiger partial charge >= 0.3 is 0 Å². The Morgan fingerprint density at radius 3 is 2.58 bits per heavy atom. The molecule has 106 valence electrons. The Bertz CT molecular complexity index is 404. The van der Waals surface area contributed by atoms with E-state index in [4.69, 9.17) is 14.6 Å². The van der Waals surface area contributed by atoms with E-state index in [1.165, 1.54) is 0 Å². The molecule has 2 atom stereocenters. The Morgan fingerprint density at radius 1 is 1.37 bits per heavy atom.